The van der Waals surface area contributed by atoms with Crippen molar-refractivity contribution < 1.29 is 9.59 Å². The highest BCUT2D eigenvalue weighted by Crippen LogP contribution is 2.26. The fourth-order valence-corrected chi connectivity index (χ4v) is 3.78. The first-order chi connectivity index (χ1) is 13.9. The molecule has 3 aromatic rings. The van der Waals surface area contributed by atoms with Gasteiger partial charge in [0.05, 0.1) is 21.8 Å². The van der Waals surface area contributed by atoms with Crippen LogP contribution in [0.1, 0.15) is 13.8 Å². The highest BCUT2D eigenvalue weighted by atomic mass is 35.5. The van der Waals surface area contributed by atoms with E-state index in [4.69, 9.17) is 11.6 Å². The molecule has 0 aliphatic rings. The second kappa shape index (κ2) is 9.11. The summed E-state index contributed by atoms with van der Waals surface area (Å²) in [5, 5.41) is 5.37. The number of amides is 3. The summed E-state index contributed by atoms with van der Waals surface area (Å²) in [6, 6.07) is 13.3. The molecule has 1 heterocycles. The third-order valence-corrected chi connectivity index (χ3v) is 5.32. The van der Waals surface area contributed by atoms with Gasteiger partial charge in [0.2, 0.25) is 5.91 Å². The zero-order chi connectivity index (χ0) is 21.0. The maximum absolute atomic E-state index is 13.2. The predicted octanol–water partition coefficient (Wildman–Crippen LogP) is 3.37. The Morgan fingerprint density at radius 2 is 1.97 bits per heavy atom. The number of rotatable bonds is 5. The molecule has 0 saturated heterocycles. The number of halogens is 1. The Hall–Kier alpha value is -2.84. The highest BCUT2D eigenvalue weighted by molar-refractivity contribution is 8.00. The quantitative estimate of drug-likeness (QED) is 0.478. The van der Waals surface area contributed by atoms with Crippen LogP contribution in [-0.2, 0) is 4.79 Å². The van der Waals surface area contributed by atoms with Crippen LogP contribution >= 0.6 is 23.4 Å². The van der Waals surface area contributed by atoms with Gasteiger partial charge in [-0.3, -0.25) is 19.5 Å². The summed E-state index contributed by atoms with van der Waals surface area (Å²) in [5.41, 5.74) is 0.797. The normalized spacial score (nSPS) is 11.8. The van der Waals surface area contributed by atoms with Crippen LogP contribution in [0.3, 0.4) is 0 Å². The fraction of sp³-hybridized carbons (Fsp3) is 0.200. The number of hydrogen-bond donors (Lipinski definition) is 2. The molecular weight excluding hydrogens is 412 g/mol. The van der Waals surface area contributed by atoms with Gasteiger partial charge in [0, 0.05) is 11.6 Å². The summed E-state index contributed by atoms with van der Waals surface area (Å²) in [7, 11) is 0. The van der Waals surface area contributed by atoms with Crippen molar-refractivity contribution in [2.24, 2.45) is 0 Å². The molecule has 1 aromatic heterocycles. The molecule has 0 aliphatic heterocycles. The van der Waals surface area contributed by atoms with E-state index in [0.717, 1.165) is 11.8 Å². The van der Waals surface area contributed by atoms with Crippen LogP contribution in [0.4, 0.5) is 4.79 Å². The summed E-state index contributed by atoms with van der Waals surface area (Å²) >= 11 is 7.19. The number of aromatic nitrogens is 2. The summed E-state index contributed by atoms with van der Waals surface area (Å²) in [6.45, 7) is 3.80. The number of urea groups is 1. The van der Waals surface area contributed by atoms with Gasteiger partial charge in [0.1, 0.15) is 0 Å². The van der Waals surface area contributed by atoms with Gasteiger partial charge in [-0.25, -0.2) is 9.78 Å². The van der Waals surface area contributed by atoms with Gasteiger partial charge in [-0.1, -0.05) is 41.6 Å². The number of hydrogen-bond acceptors (Lipinski definition) is 5. The summed E-state index contributed by atoms with van der Waals surface area (Å²) in [4.78, 5) is 41.7. The molecular formula is C20H19ClN4O3S. The topological polar surface area (TPSA) is 93.1 Å². The average Bonchev–Trinajstić information content (AvgIpc) is 2.68. The van der Waals surface area contributed by atoms with E-state index in [1.54, 1.807) is 62.4 Å². The van der Waals surface area contributed by atoms with Crippen LogP contribution in [-0.4, -0.2) is 33.3 Å². The highest BCUT2D eigenvalue weighted by Gasteiger charge is 2.21. The number of nitrogens with zero attached hydrogens (tertiary/aromatic N) is 2. The van der Waals surface area contributed by atoms with Gasteiger partial charge in [-0.2, -0.15) is 0 Å². The number of fused-ring (bicyclic) bond motifs is 1. The second-order valence-electron chi connectivity index (χ2n) is 6.14. The first-order valence-electron chi connectivity index (χ1n) is 8.93. The van der Waals surface area contributed by atoms with Gasteiger partial charge < -0.3 is 5.32 Å². The van der Waals surface area contributed by atoms with Crippen molar-refractivity contribution in [2.75, 3.05) is 6.54 Å². The van der Waals surface area contributed by atoms with Crippen LogP contribution in [0, 0.1) is 0 Å². The average molecular weight is 431 g/mol. The first kappa shape index (κ1) is 20.9. The summed E-state index contributed by atoms with van der Waals surface area (Å²) in [5.74, 6) is -0.485. The molecule has 1 unspecified atom stereocenters. The Morgan fingerprint density at radius 3 is 2.69 bits per heavy atom. The molecule has 1 atom stereocenters. The Balaban J connectivity index is 2.04. The standard InChI is InChI=1S/C20H19ClN4O3S/c1-3-22-19(28)24-17(26)12(2)29-20-23-16-10-5-4-9-15(16)18(27)25(20)14-8-6-7-13(21)11-14/h4-12H,3H2,1-2H3,(H2,22,24,26,28). The minimum absolute atomic E-state index is 0.267. The van der Waals surface area contributed by atoms with Crippen molar-refractivity contribution in [1.82, 2.24) is 20.2 Å². The number of imide groups is 1. The zero-order valence-electron chi connectivity index (χ0n) is 15.8. The molecule has 3 amide bonds. The van der Waals surface area contributed by atoms with Crippen molar-refractivity contribution in [3.8, 4) is 5.69 Å². The third kappa shape index (κ3) is 4.78. The number of thioether (sulfide) groups is 1. The van der Waals surface area contributed by atoms with Crippen LogP contribution in [0.5, 0.6) is 0 Å². The van der Waals surface area contributed by atoms with Crippen LogP contribution in [0.25, 0.3) is 16.6 Å². The molecule has 9 heteroatoms. The van der Waals surface area contributed by atoms with E-state index in [1.165, 1.54) is 4.57 Å². The monoisotopic (exact) mass is 430 g/mol. The minimum Gasteiger partial charge on any atom is -0.338 e. The Labute approximate surface area is 176 Å². The number of benzene rings is 2. The molecule has 0 fully saturated rings. The maximum Gasteiger partial charge on any atom is 0.321 e. The molecule has 0 saturated carbocycles. The number of nitrogens with one attached hydrogen (secondary N) is 2. The van der Waals surface area contributed by atoms with Gasteiger partial charge in [-0.15, -0.1) is 0 Å². The van der Waals surface area contributed by atoms with Crippen molar-refractivity contribution in [3.63, 3.8) is 0 Å². The van der Waals surface area contributed by atoms with E-state index in [0.29, 0.717) is 33.3 Å². The predicted molar refractivity (Wildman–Crippen MR) is 115 cm³/mol. The van der Waals surface area contributed by atoms with Crippen molar-refractivity contribution >= 4 is 46.2 Å². The van der Waals surface area contributed by atoms with Crippen LogP contribution in [0.2, 0.25) is 5.02 Å². The third-order valence-electron chi connectivity index (χ3n) is 4.04. The van der Waals surface area contributed by atoms with E-state index in [-0.39, 0.29) is 5.56 Å². The molecule has 150 valence electrons. The number of carbonyl (C=O) groups excluding carboxylic acids is 2. The molecule has 29 heavy (non-hydrogen) atoms. The molecule has 2 N–H and O–H groups in total. The largest absolute Gasteiger partial charge is 0.338 e. The lowest BCUT2D eigenvalue weighted by Gasteiger charge is -2.16. The molecule has 0 aliphatic carbocycles. The number of para-hydroxylation sites is 1. The minimum atomic E-state index is -0.670. The van der Waals surface area contributed by atoms with E-state index >= 15 is 0 Å². The SMILES string of the molecule is CCNC(=O)NC(=O)C(C)Sc1nc2ccccc2c(=O)n1-c1cccc(Cl)c1. The number of carbonyl (C=O) groups is 2. The second-order valence-corrected chi connectivity index (χ2v) is 7.89. The lowest BCUT2D eigenvalue weighted by Crippen LogP contribution is -2.42. The maximum atomic E-state index is 13.2. The summed E-state index contributed by atoms with van der Waals surface area (Å²) in [6.07, 6.45) is 0. The van der Waals surface area contributed by atoms with Crippen molar-refractivity contribution in [3.05, 3.63) is 63.9 Å². The lowest BCUT2D eigenvalue weighted by molar-refractivity contribution is -0.119. The van der Waals surface area contributed by atoms with Gasteiger partial charge in [0.15, 0.2) is 5.16 Å². The van der Waals surface area contributed by atoms with E-state index in [1.807, 2.05) is 0 Å². The summed E-state index contributed by atoms with van der Waals surface area (Å²) < 4.78 is 1.43. The van der Waals surface area contributed by atoms with Gasteiger partial charge in [-0.05, 0) is 44.2 Å². The van der Waals surface area contributed by atoms with Gasteiger partial charge >= 0.3 is 6.03 Å². The Kier molecular flexibility index (Phi) is 6.56. The lowest BCUT2D eigenvalue weighted by atomic mass is 10.2. The Bertz CT molecular complexity index is 1130. The molecule has 7 nitrogen and oxygen atoms in total. The van der Waals surface area contributed by atoms with Gasteiger partial charge in [0.25, 0.3) is 5.56 Å². The van der Waals surface area contributed by atoms with Crippen LogP contribution < -0.4 is 16.2 Å². The zero-order valence-corrected chi connectivity index (χ0v) is 17.4. The van der Waals surface area contributed by atoms with E-state index < -0.39 is 17.2 Å². The molecule has 2 aromatic carbocycles. The van der Waals surface area contributed by atoms with Crippen molar-refractivity contribution in [2.45, 2.75) is 24.3 Å². The molecule has 3 rings (SSSR count). The molecule has 0 spiro atoms. The smallest absolute Gasteiger partial charge is 0.321 e. The first-order valence-corrected chi connectivity index (χ1v) is 10.2. The Morgan fingerprint density at radius 1 is 1.21 bits per heavy atom. The van der Waals surface area contributed by atoms with Crippen LogP contribution in [0.15, 0.2) is 58.5 Å². The molecule has 0 bridgehead atoms. The van der Waals surface area contributed by atoms with Crippen molar-refractivity contribution in [1.29, 1.82) is 0 Å². The fourth-order valence-electron chi connectivity index (χ4n) is 2.66. The van der Waals surface area contributed by atoms with E-state index in [9.17, 15) is 14.4 Å². The van der Waals surface area contributed by atoms with E-state index in [2.05, 4.69) is 15.6 Å². The molecule has 0 radical (unpaired) electrons.